The molecule has 0 bridgehead atoms. The monoisotopic (exact) mass is 344 g/mol. The minimum atomic E-state index is -0.532. The van der Waals surface area contributed by atoms with E-state index in [1.807, 2.05) is 58.0 Å². The van der Waals surface area contributed by atoms with Crippen LogP contribution in [0.5, 0.6) is 5.75 Å². The molecule has 0 aromatic heterocycles. The average molecular weight is 344 g/mol. The Morgan fingerprint density at radius 1 is 1.08 bits per heavy atom. The van der Waals surface area contributed by atoms with Gasteiger partial charge >= 0.3 is 6.09 Å². The van der Waals surface area contributed by atoms with Gasteiger partial charge in [-0.1, -0.05) is 37.3 Å². The summed E-state index contributed by atoms with van der Waals surface area (Å²) in [5.41, 5.74) is 6.20. The number of nitrogens with one attached hydrogen (secondary N) is 1. The molecule has 2 aromatic rings. The first kappa shape index (κ1) is 19.1. The van der Waals surface area contributed by atoms with Crippen LogP contribution in [-0.2, 0) is 10.2 Å². The fourth-order valence-corrected chi connectivity index (χ4v) is 2.83. The maximum absolute atomic E-state index is 12.0. The van der Waals surface area contributed by atoms with Crippen LogP contribution in [0.3, 0.4) is 0 Å². The third-order valence-corrected chi connectivity index (χ3v) is 4.23. The SMILES string of the molecule is COc1ccc(C(C)(CN)CNC(=O)OC(C)(C)C)c2ccccc12. The molecule has 0 heterocycles. The Hall–Kier alpha value is -2.27. The third-order valence-electron chi connectivity index (χ3n) is 4.23. The van der Waals surface area contributed by atoms with Crippen LogP contribution in [0.2, 0.25) is 0 Å². The number of nitrogens with two attached hydrogens (primary N) is 1. The van der Waals surface area contributed by atoms with Crippen LogP contribution in [0.15, 0.2) is 36.4 Å². The summed E-state index contributed by atoms with van der Waals surface area (Å²) in [6.45, 7) is 8.33. The zero-order chi connectivity index (χ0) is 18.7. The van der Waals surface area contributed by atoms with Gasteiger partial charge in [-0.3, -0.25) is 0 Å². The molecule has 1 unspecified atom stereocenters. The van der Waals surface area contributed by atoms with Gasteiger partial charge in [0.1, 0.15) is 11.4 Å². The Morgan fingerprint density at radius 3 is 2.28 bits per heavy atom. The Labute approximate surface area is 149 Å². The molecule has 1 amide bonds. The Bertz CT molecular complexity index is 752. The van der Waals surface area contributed by atoms with Crippen molar-refractivity contribution in [3.05, 3.63) is 42.0 Å². The molecule has 136 valence electrons. The molecule has 0 fully saturated rings. The molecule has 3 N–H and O–H groups in total. The highest BCUT2D eigenvalue weighted by atomic mass is 16.6. The maximum atomic E-state index is 12.0. The van der Waals surface area contributed by atoms with E-state index in [9.17, 15) is 4.79 Å². The van der Waals surface area contributed by atoms with Gasteiger partial charge < -0.3 is 20.5 Å². The van der Waals surface area contributed by atoms with Gasteiger partial charge in [-0.2, -0.15) is 0 Å². The second-order valence-corrected chi connectivity index (χ2v) is 7.48. The first-order valence-electron chi connectivity index (χ1n) is 8.43. The van der Waals surface area contributed by atoms with E-state index in [-0.39, 0.29) is 0 Å². The Balaban J connectivity index is 2.33. The Morgan fingerprint density at radius 2 is 1.72 bits per heavy atom. The number of methoxy groups -OCH3 is 1. The van der Waals surface area contributed by atoms with Gasteiger partial charge in [-0.05, 0) is 37.8 Å². The maximum Gasteiger partial charge on any atom is 0.407 e. The Kier molecular flexibility index (Phi) is 5.58. The van der Waals surface area contributed by atoms with Crippen LogP contribution in [-0.4, -0.2) is 31.9 Å². The van der Waals surface area contributed by atoms with Crippen molar-refractivity contribution in [3.63, 3.8) is 0 Å². The van der Waals surface area contributed by atoms with Crippen LogP contribution in [0.4, 0.5) is 4.79 Å². The lowest BCUT2D eigenvalue weighted by Crippen LogP contribution is -2.45. The van der Waals surface area contributed by atoms with E-state index in [0.717, 1.165) is 22.1 Å². The summed E-state index contributed by atoms with van der Waals surface area (Å²) in [7, 11) is 1.66. The minimum Gasteiger partial charge on any atom is -0.496 e. The van der Waals surface area contributed by atoms with Crippen molar-refractivity contribution >= 4 is 16.9 Å². The second-order valence-electron chi connectivity index (χ2n) is 7.48. The molecule has 25 heavy (non-hydrogen) atoms. The molecule has 1 atom stereocenters. The van der Waals surface area contributed by atoms with Crippen LogP contribution in [0.1, 0.15) is 33.3 Å². The zero-order valence-corrected chi connectivity index (χ0v) is 15.7. The molecule has 0 saturated heterocycles. The van der Waals surface area contributed by atoms with E-state index in [1.54, 1.807) is 7.11 Å². The molecular formula is C20H28N2O3. The van der Waals surface area contributed by atoms with Gasteiger partial charge in [0, 0.05) is 23.9 Å². The number of fused-ring (bicyclic) bond motifs is 1. The summed E-state index contributed by atoms with van der Waals surface area (Å²) in [6.07, 6.45) is -0.440. The van der Waals surface area contributed by atoms with Crippen LogP contribution < -0.4 is 15.8 Å². The van der Waals surface area contributed by atoms with E-state index in [4.69, 9.17) is 15.2 Å². The number of hydrogen-bond acceptors (Lipinski definition) is 4. The number of carbonyl (C=O) groups is 1. The molecule has 2 aromatic carbocycles. The minimum absolute atomic E-state index is 0.384. The van der Waals surface area contributed by atoms with Crippen molar-refractivity contribution in [2.75, 3.05) is 20.2 Å². The summed E-state index contributed by atoms with van der Waals surface area (Å²) in [5, 5.41) is 4.95. The number of carbonyl (C=O) groups excluding carboxylic acids is 1. The number of hydrogen-bond donors (Lipinski definition) is 2. The van der Waals surface area contributed by atoms with Crippen molar-refractivity contribution in [3.8, 4) is 5.75 Å². The highest BCUT2D eigenvalue weighted by Crippen LogP contribution is 2.34. The van der Waals surface area contributed by atoms with E-state index in [0.29, 0.717) is 13.1 Å². The molecule has 0 saturated carbocycles. The zero-order valence-electron chi connectivity index (χ0n) is 15.7. The molecule has 0 aliphatic carbocycles. The van der Waals surface area contributed by atoms with Crippen molar-refractivity contribution < 1.29 is 14.3 Å². The van der Waals surface area contributed by atoms with Gasteiger partial charge in [0.15, 0.2) is 0 Å². The summed E-state index contributed by atoms with van der Waals surface area (Å²) in [6, 6.07) is 12.0. The predicted molar refractivity (Wildman–Crippen MR) is 101 cm³/mol. The number of benzene rings is 2. The number of ether oxygens (including phenoxy) is 2. The van der Waals surface area contributed by atoms with Crippen LogP contribution in [0, 0.1) is 0 Å². The lowest BCUT2D eigenvalue weighted by Gasteiger charge is -2.31. The van der Waals surface area contributed by atoms with E-state index >= 15 is 0 Å². The van der Waals surface area contributed by atoms with Gasteiger partial charge in [0.2, 0.25) is 0 Å². The second kappa shape index (κ2) is 7.31. The summed E-state index contributed by atoms with van der Waals surface area (Å²) >= 11 is 0. The third kappa shape index (κ3) is 4.42. The van der Waals surface area contributed by atoms with Gasteiger partial charge in [0.05, 0.1) is 7.11 Å². The van der Waals surface area contributed by atoms with E-state index < -0.39 is 17.1 Å². The number of rotatable bonds is 5. The highest BCUT2D eigenvalue weighted by molar-refractivity contribution is 5.92. The van der Waals surface area contributed by atoms with Gasteiger partial charge in [-0.25, -0.2) is 4.79 Å². The molecule has 5 nitrogen and oxygen atoms in total. The fraction of sp³-hybridized carbons (Fsp3) is 0.450. The fourth-order valence-electron chi connectivity index (χ4n) is 2.83. The molecule has 0 aliphatic heterocycles. The van der Waals surface area contributed by atoms with Crippen molar-refractivity contribution in [1.29, 1.82) is 0 Å². The smallest absolute Gasteiger partial charge is 0.407 e. The first-order valence-corrected chi connectivity index (χ1v) is 8.43. The first-order chi connectivity index (χ1) is 11.7. The van der Waals surface area contributed by atoms with Gasteiger partial charge in [0.25, 0.3) is 0 Å². The van der Waals surface area contributed by atoms with Crippen molar-refractivity contribution in [1.82, 2.24) is 5.32 Å². The normalized spacial score (nSPS) is 14.0. The number of amides is 1. The predicted octanol–water partition coefficient (Wildman–Crippen LogP) is 3.59. The lowest BCUT2D eigenvalue weighted by atomic mass is 9.79. The molecule has 2 rings (SSSR count). The molecule has 0 aliphatic rings. The summed E-state index contributed by atoms with van der Waals surface area (Å²) in [5.74, 6) is 0.818. The van der Waals surface area contributed by atoms with Crippen molar-refractivity contribution in [2.24, 2.45) is 5.73 Å². The van der Waals surface area contributed by atoms with E-state index in [2.05, 4.69) is 11.4 Å². The highest BCUT2D eigenvalue weighted by Gasteiger charge is 2.29. The van der Waals surface area contributed by atoms with Crippen LogP contribution in [0.25, 0.3) is 10.8 Å². The molecule has 0 radical (unpaired) electrons. The topological polar surface area (TPSA) is 73.6 Å². The van der Waals surface area contributed by atoms with Crippen LogP contribution >= 0.6 is 0 Å². The molecular weight excluding hydrogens is 316 g/mol. The number of alkyl carbamates (subject to hydrolysis) is 1. The van der Waals surface area contributed by atoms with Crippen molar-refractivity contribution in [2.45, 2.75) is 38.7 Å². The molecule has 0 spiro atoms. The summed E-state index contributed by atoms with van der Waals surface area (Å²) in [4.78, 5) is 12.0. The molecule has 5 heteroatoms. The average Bonchev–Trinajstić information content (AvgIpc) is 2.57. The van der Waals surface area contributed by atoms with Gasteiger partial charge in [-0.15, -0.1) is 0 Å². The van der Waals surface area contributed by atoms with E-state index in [1.165, 1.54) is 0 Å². The quantitative estimate of drug-likeness (QED) is 0.869. The standard InChI is InChI=1S/C20H28N2O3/c1-19(2,3)25-18(23)22-13-20(4,12-21)16-10-11-17(24-5)15-9-7-6-8-14(15)16/h6-11H,12-13,21H2,1-5H3,(H,22,23). The summed E-state index contributed by atoms with van der Waals surface area (Å²) < 4.78 is 10.8. The lowest BCUT2D eigenvalue weighted by molar-refractivity contribution is 0.0516. The largest absolute Gasteiger partial charge is 0.496 e.